The predicted octanol–water partition coefficient (Wildman–Crippen LogP) is -2.45. The third-order valence-electron chi connectivity index (χ3n) is 2.89. The minimum Gasteiger partial charge on any atom is -0.394 e. The van der Waals surface area contributed by atoms with Crippen LogP contribution in [0.4, 0.5) is 0 Å². The van der Waals surface area contributed by atoms with Crippen molar-refractivity contribution in [3.05, 3.63) is 33.1 Å². The van der Waals surface area contributed by atoms with Crippen LogP contribution in [0.15, 0.2) is 21.9 Å². The third-order valence-corrected chi connectivity index (χ3v) is 3.74. The van der Waals surface area contributed by atoms with E-state index in [0.29, 0.717) is 4.57 Å². The van der Waals surface area contributed by atoms with Crippen molar-refractivity contribution >= 4 is 8.46 Å². The second-order valence-electron chi connectivity index (χ2n) is 4.00. The lowest BCUT2D eigenvalue weighted by atomic mass is 10.1. The van der Waals surface area contributed by atoms with Gasteiger partial charge in [0.05, 0.1) is 6.61 Å². The monoisotopic (exact) mass is 290 g/mol. The van der Waals surface area contributed by atoms with Crippen LogP contribution in [-0.4, -0.2) is 49.8 Å². The summed E-state index contributed by atoms with van der Waals surface area (Å²) in [5.74, 6) is 0. The molecule has 1 aromatic heterocycles. The maximum Gasteiger partial charge on any atom is 0.331 e. The normalized spacial score (nSPS) is 34.8. The Morgan fingerprint density at radius 3 is 2.63 bits per heavy atom. The van der Waals surface area contributed by atoms with E-state index in [4.69, 9.17) is 9.84 Å². The number of hydrogen-bond donors (Lipinski definition) is 4. The fourth-order valence-electron chi connectivity index (χ4n) is 1.92. The maximum atomic E-state index is 11.7. The van der Waals surface area contributed by atoms with Gasteiger partial charge in [0, 0.05) is 12.3 Å². The molecule has 0 radical (unpaired) electrons. The Morgan fingerprint density at radius 2 is 2.16 bits per heavy atom. The molecule has 1 aliphatic heterocycles. The van der Waals surface area contributed by atoms with Gasteiger partial charge in [-0.2, -0.15) is 0 Å². The Kier molecular flexibility index (Phi) is 3.66. The fourth-order valence-corrected chi connectivity index (χ4v) is 2.61. The molecule has 2 heterocycles. The predicted molar refractivity (Wildman–Crippen MR) is 60.9 cm³/mol. The van der Waals surface area contributed by atoms with E-state index in [1.54, 1.807) is 0 Å². The summed E-state index contributed by atoms with van der Waals surface area (Å²) < 4.78 is 17.2. The van der Waals surface area contributed by atoms with Crippen molar-refractivity contribution in [1.82, 2.24) is 9.55 Å². The molecule has 10 heteroatoms. The fraction of sp³-hybridized carbons (Fsp3) is 0.556. The first-order chi connectivity index (χ1) is 8.96. The van der Waals surface area contributed by atoms with Crippen LogP contribution in [-0.2, 0) is 14.8 Å². The molecule has 4 N–H and O–H groups in total. The Bertz CT molecular complexity index is 599. The quantitative estimate of drug-likeness (QED) is 0.453. The molecule has 0 bridgehead atoms. The highest BCUT2D eigenvalue weighted by atomic mass is 31.1. The largest absolute Gasteiger partial charge is 0.394 e. The summed E-state index contributed by atoms with van der Waals surface area (Å²) in [6.45, 7) is -0.631. The molecule has 4 atom stereocenters. The lowest BCUT2D eigenvalue weighted by Crippen LogP contribution is -2.47. The number of nitrogens with zero attached hydrogens (tertiary/aromatic N) is 1. The minimum atomic E-state index is -2.09. The van der Waals surface area contributed by atoms with Crippen molar-refractivity contribution in [3.63, 3.8) is 0 Å². The first-order valence-corrected chi connectivity index (χ1v) is 6.09. The molecule has 0 amide bonds. The highest BCUT2D eigenvalue weighted by Gasteiger charge is 2.57. The van der Waals surface area contributed by atoms with E-state index in [2.05, 4.69) is 0 Å². The number of nitrogens with one attached hydrogen (secondary N) is 1. The first-order valence-electron chi connectivity index (χ1n) is 5.28. The SMILES string of the molecule is O=P[C@@]1(n2ccc(=O)[nH]c2=O)O[C@@H](CO)C(O)C1O. The first kappa shape index (κ1) is 14.0. The summed E-state index contributed by atoms with van der Waals surface area (Å²) in [6.07, 6.45) is -3.45. The summed E-state index contributed by atoms with van der Waals surface area (Å²) in [4.78, 5) is 24.6. The number of hydrogen-bond acceptors (Lipinski definition) is 7. The van der Waals surface area contributed by atoms with Crippen molar-refractivity contribution in [3.8, 4) is 0 Å². The van der Waals surface area contributed by atoms with E-state index in [-0.39, 0.29) is 0 Å². The number of ether oxygens (including phenoxy) is 1. The molecular weight excluding hydrogens is 279 g/mol. The third kappa shape index (κ3) is 2.05. The molecular formula is C9H11N2O7P. The number of aliphatic hydroxyl groups excluding tert-OH is 3. The highest BCUT2D eigenvalue weighted by Crippen LogP contribution is 2.42. The van der Waals surface area contributed by atoms with Crippen LogP contribution >= 0.6 is 8.46 Å². The molecule has 0 aliphatic carbocycles. The smallest absolute Gasteiger partial charge is 0.331 e. The van der Waals surface area contributed by atoms with E-state index >= 15 is 0 Å². The average molecular weight is 290 g/mol. The van der Waals surface area contributed by atoms with Gasteiger partial charge in [-0.25, -0.2) is 4.79 Å². The van der Waals surface area contributed by atoms with Gasteiger partial charge in [0.1, 0.15) is 18.3 Å². The molecule has 1 aliphatic rings. The Labute approximate surface area is 107 Å². The Hall–Kier alpha value is -1.38. The van der Waals surface area contributed by atoms with Crippen molar-refractivity contribution in [2.75, 3.05) is 6.61 Å². The molecule has 2 unspecified atom stereocenters. The molecule has 9 nitrogen and oxygen atoms in total. The molecule has 1 aromatic rings. The van der Waals surface area contributed by atoms with Crippen LogP contribution in [0.1, 0.15) is 0 Å². The minimum absolute atomic E-state index is 0.631. The van der Waals surface area contributed by atoms with Crippen molar-refractivity contribution in [2.45, 2.75) is 23.8 Å². The summed E-state index contributed by atoms with van der Waals surface area (Å²) >= 11 is 0. The van der Waals surface area contributed by atoms with Gasteiger partial charge in [0.15, 0.2) is 0 Å². The summed E-state index contributed by atoms with van der Waals surface area (Å²) in [5.41, 5.74) is -3.72. The lowest BCUT2D eigenvalue weighted by Gasteiger charge is -2.26. The van der Waals surface area contributed by atoms with E-state index in [1.807, 2.05) is 4.98 Å². The Morgan fingerprint density at radius 1 is 1.47 bits per heavy atom. The Balaban J connectivity index is 2.58. The molecule has 104 valence electrons. The van der Waals surface area contributed by atoms with Crippen LogP contribution in [0.2, 0.25) is 0 Å². The van der Waals surface area contributed by atoms with E-state index in [1.165, 1.54) is 0 Å². The summed E-state index contributed by atoms with van der Waals surface area (Å²) in [7, 11) is -0.807. The molecule has 0 saturated carbocycles. The van der Waals surface area contributed by atoms with Crippen molar-refractivity contribution in [2.24, 2.45) is 0 Å². The van der Waals surface area contributed by atoms with Gasteiger partial charge < -0.3 is 20.1 Å². The molecule has 2 rings (SSSR count). The summed E-state index contributed by atoms with van der Waals surface area (Å²) in [5, 5.41) is 28.6. The number of aliphatic hydroxyl groups is 3. The van der Waals surface area contributed by atoms with Gasteiger partial charge in [-0.1, -0.05) is 0 Å². The molecule has 0 spiro atoms. The molecule has 1 saturated heterocycles. The van der Waals surface area contributed by atoms with E-state index in [0.717, 1.165) is 12.3 Å². The second kappa shape index (κ2) is 4.95. The van der Waals surface area contributed by atoms with Gasteiger partial charge in [0.25, 0.3) is 11.0 Å². The topological polar surface area (TPSA) is 142 Å². The number of aromatic nitrogens is 2. The van der Waals surface area contributed by atoms with Crippen molar-refractivity contribution < 1.29 is 24.6 Å². The second-order valence-corrected chi connectivity index (χ2v) is 4.83. The van der Waals surface area contributed by atoms with Crippen LogP contribution < -0.4 is 11.2 Å². The van der Waals surface area contributed by atoms with Gasteiger partial charge in [-0.3, -0.25) is 18.9 Å². The van der Waals surface area contributed by atoms with Crippen LogP contribution in [0.25, 0.3) is 0 Å². The molecule has 0 aromatic carbocycles. The van der Waals surface area contributed by atoms with Crippen LogP contribution in [0, 0.1) is 0 Å². The highest BCUT2D eigenvalue weighted by molar-refractivity contribution is 7.24. The van der Waals surface area contributed by atoms with E-state index in [9.17, 15) is 24.4 Å². The standard InChI is InChI=1S/C9H11N2O7P/c12-3-4-6(14)7(15)9(18-4,19-17)11-2-1-5(13)10-8(11)16/h1-2,4,6-7,12,14-15H,3H2,(H,10,13,16)/t4-,6?,7?,9-/m0/s1. The number of H-pyrrole nitrogens is 1. The van der Waals surface area contributed by atoms with Crippen molar-refractivity contribution in [1.29, 1.82) is 0 Å². The number of aromatic amines is 1. The van der Waals surface area contributed by atoms with E-state index < -0.39 is 50.1 Å². The average Bonchev–Trinajstić information content (AvgIpc) is 2.64. The van der Waals surface area contributed by atoms with Crippen LogP contribution in [0.3, 0.4) is 0 Å². The zero-order valence-corrected chi connectivity index (χ0v) is 10.4. The molecule has 19 heavy (non-hydrogen) atoms. The van der Waals surface area contributed by atoms with Gasteiger partial charge >= 0.3 is 5.69 Å². The van der Waals surface area contributed by atoms with Gasteiger partial charge in [0.2, 0.25) is 8.46 Å². The zero-order valence-electron chi connectivity index (χ0n) is 9.46. The van der Waals surface area contributed by atoms with Gasteiger partial charge in [-0.05, 0) is 0 Å². The summed E-state index contributed by atoms with van der Waals surface area (Å²) in [6, 6.07) is 0.975. The van der Waals surface area contributed by atoms with Crippen LogP contribution in [0.5, 0.6) is 0 Å². The number of rotatable bonds is 3. The van der Waals surface area contributed by atoms with Gasteiger partial charge in [-0.15, -0.1) is 0 Å². The molecule has 1 fully saturated rings. The maximum absolute atomic E-state index is 11.7. The lowest BCUT2D eigenvalue weighted by molar-refractivity contribution is -0.0860. The zero-order chi connectivity index (χ0) is 14.2.